The largest absolute Gasteiger partial charge is 0.490 e. The van der Waals surface area contributed by atoms with Crippen molar-refractivity contribution in [3.05, 3.63) is 120 Å². The highest BCUT2D eigenvalue weighted by Crippen LogP contribution is 2.41. The zero-order valence-corrected chi connectivity index (χ0v) is 22.3. The maximum absolute atomic E-state index is 13.9. The number of benzene rings is 3. The molecule has 0 amide bonds. The predicted octanol–water partition coefficient (Wildman–Crippen LogP) is 4.78. The molecule has 196 valence electrons. The molecule has 1 aromatic heterocycles. The number of nitrogens with zero attached hydrogens (tertiary/aromatic N) is 2. The number of carbonyl (C=O) groups excluding carboxylic acids is 1. The minimum atomic E-state index is -0.441. The van der Waals surface area contributed by atoms with E-state index in [0.717, 1.165) is 40.8 Å². The zero-order chi connectivity index (χ0) is 27.1. The van der Waals surface area contributed by atoms with Crippen molar-refractivity contribution in [1.29, 1.82) is 0 Å². The summed E-state index contributed by atoms with van der Waals surface area (Å²) in [6.07, 6.45) is 3.40. The molecule has 0 radical (unpaired) electrons. The van der Waals surface area contributed by atoms with Crippen molar-refractivity contribution in [3.8, 4) is 11.5 Å². The molecule has 1 aliphatic carbocycles. The lowest BCUT2D eigenvalue weighted by molar-refractivity contribution is -0.132. The molecule has 0 unspecified atom stereocenters. The van der Waals surface area contributed by atoms with Crippen LogP contribution in [0.3, 0.4) is 0 Å². The Morgan fingerprint density at radius 2 is 1.90 bits per heavy atom. The molecule has 0 spiro atoms. The van der Waals surface area contributed by atoms with Crippen LogP contribution in [0.4, 0.5) is 4.39 Å². The van der Waals surface area contributed by atoms with Crippen LogP contribution >= 0.6 is 11.3 Å². The Labute approximate surface area is 228 Å². The highest BCUT2D eigenvalue weighted by atomic mass is 32.1. The van der Waals surface area contributed by atoms with Gasteiger partial charge in [0.05, 0.1) is 22.9 Å². The van der Waals surface area contributed by atoms with Gasteiger partial charge < -0.3 is 9.47 Å². The number of halogens is 1. The van der Waals surface area contributed by atoms with Crippen molar-refractivity contribution in [3.63, 3.8) is 0 Å². The number of thiazole rings is 1. The summed E-state index contributed by atoms with van der Waals surface area (Å²) in [4.78, 5) is 31.0. The van der Waals surface area contributed by atoms with Crippen molar-refractivity contribution in [2.24, 2.45) is 4.99 Å². The topological polar surface area (TPSA) is 69.9 Å². The van der Waals surface area contributed by atoms with Crippen LogP contribution in [-0.2, 0) is 11.2 Å². The number of carbonyl (C=O) groups is 1. The van der Waals surface area contributed by atoms with E-state index in [9.17, 15) is 14.0 Å². The minimum absolute atomic E-state index is 0.166. The summed E-state index contributed by atoms with van der Waals surface area (Å²) in [7, 11) is 0. The summed E-state index contributed by atoms with van der Waals surface area (Å²) in [6, 6.07) is 19.4. The molecule has 3 aromatic carbocycles. The standard InChI is InChI=1S/C31H25FN2O4S/c1-3-37-26-16-19(8-15-25(26)38-18(2)35)17-27-30(36)34-29(21-9-12-22(32)13-10-21)24-14-11-20-6-4-5-7-23(20)28(24)33-31(34)39-27/h4-10,12-13,15-17,29H,3,11,14H2,1-2H3/b27-17+/t29-/m0/s1. The number of aromatic nitrogens is 1. The average molecular weight is 541 g/mol. The van der Waals surface area contributed by atoms with Crippen LogP contribution < -0.4 is 24.4 Å². The summed E-state index contributed by atoms with van der Waals surface area (Å²) in [5.74, 6) is -0.0175. The van der Waals surface area contributed by atoms with Gasteiger partial charge in [-0.3, -0.25) is 14.2 Å². The maximum Gasteiger partial charge on any atom is 0.308 e. The van der Waals surface area contributed by atoms with Crippen LogP contribution in [0.2, 0.25) is 0 Å². The smallest absolute Gasteiger partial charge is 0.308 e. The molecule has 6 rings (SSSR count). The molecule has 39 heavy (non-hydrogen) atoms. The number of hydrogen-bond acceptors (Lipinski definition) is 6. The predicted molar refractivity (Wildman–Crippen MR) is 148 cm³/mol. The lowest BCUT2D eigenvalue weighted by atomic mass is 9.83. The Balaban J connectivity index is 1.54. The first-order valence-corrected chi connectivity index (χ1v) is 13.6. The Kier molecular flexibility index (Phi) is 6.48. The Morgan fingerprint density at radius 3 is 2.67 bits per heavy atom. The van der Waals surface area contributed by atoms with Gasteiger partial charge in [-0.05, 0) is 72.4 Å². The molecule has 1 aliphatic heterocycles. The van der Waals surface area contributed by atoms with Gasteiger partial charge in [0.2, 0.25) is 0 Å². The fourth-order valence-electron chi connectivity index (χ4n) is 5.24. The van der Waals surface area contributed by atoms with E-state index in [-0.39, 0.29) is 17.4 Å². The number of aryl methyl sites for hydroxylation is 1. The van der Waals surface area contributed by atoms with E-state index in [1.807, 2.05) is 19.1 Å². The van der Waals surface area contributed by atoms with Crippen LogP contribution in [0.15, 0.2) is 82.1 Å². The molecule has 2 heterocycles. The van der Waals surface area contributed by atoms with Crippen LogP contribution in [0, 0.1) is 5.82 Å². The molecule has 0 saturated heterocycles. The number of fused-ring (bicyclic) bond motifs is 3. The molecule has 0 bridgehead atoms. The van der Waals surface area contributed by atoms with Crippen LogP contribution in [0.1, 0.15) is 48.6 Å². The van der Waals surface area contributed by atoms with Crippen molar-refractivity contribution in [2.75, 3.05) is 6.61 Å². The van der Waals surface area contributed by atoms with E-state index in [2.05, 4.69) is 12.1 Å². The van der Waals surface area contributed by atoms with Crippen molar-refractivity contribution in [2.45, 2.75) is 32.7 Å². The molecule has 0 saturated carbocycles. The fraction of sp³-hybridized carbons (Fsp3) is 0.194. The second-order valence-corrected chi connectivity index (χ2v) is 10.4. The number of rotatable bonds is 5. The Bertz CT molecular complexity index is 1820. The van der Waals surface area contributed by atoms with E-state index in [0.29, 0.717) is 27.4 Å². The zero-order valence-electron chi connectivity index (χ0n) is 21.4. The molecule has 6 nitrogen and oxygen atoms in total. The molecule has 0 N–H and O–H groups in total. The average Bonchev–Trinajstić information content (AvgIpc) is 3.23. The summed E-state index contributed by atoms with van der Waals surface area (Å²) < 4.78 is 27.0. The van der Waals surface area contributed by atoms with Crippen molar-refractivity contribution >= 4 is 29.1 Å². The van der Waals surface area contributed by atoms with Crippen molar-refractivity contribution in [1.82, 2.24) is 4.57 Å². The summed E-state index contributed by atoms with van der Waals surface area (Å²) in [5, 5.41) is 0. The van der Waals surface area contributed by atoms with Gasteiger partial charge in [0.25, 0.3) is 5.56 Å². The summed E-state index contributed by atoms with van der Waals surface area (Å²) in [5.41, 5.74) is 5.66. The van der Waals surface area contributed by atoms with Gasteiger partial charge in [0.1, 0.15) is 5.82 Å². The number of ether oxygens (including phenoxy) is 2. The first kappa shape index (κ1) is 25.0. The van der Waals surface area contributed by atoms with E-state index in [4.69, 9.17) is 14.5 Å². The van der Waals surface area contributed by atoms with Gasteiger partial charge >= 0.3 is 5.97 Å². The first-order chi connectivity index (χ1) is 18.9. The molecule has 0 fully saturated rings. The lowest BCUT2D eigenvalue weighted by Gasteiger charge is -2.30. The quantitative estimate of drug-likeness (QED) is 0.270. The second-order valence-electron chi connectivity index (χ2n) is 9.40. The van der Waals surface area contributed by atoms with E-state index >= 15 is 0 Å². The minimum Gasteiger partial charge on any atom is -0.490 e. The SMILES string of the molecule is CCOc1cc(/C=c2/sc3n(c2=O)[C@@H](c2ccc(F)cc2)C2=C(N=3)c3ccccc3CC2)ccc1OC(C)=O. The van der Waals surface area contributed by atoms with Gasteiger partial charge in [-0.25, -0.2) is 9.38 Å². The molecular formula is C31H25FN2O4S. The van der Waals surface area contributed by atoms with E-state index < -0.39 is 5.97 Å². The highest BCUT2D eigenvalue weighted by molar-refractivity contribution is 7.07. The highest BCUT2D eigenvalue weighted by Gasteiger charge is 2.32. The molecule has 8 heteroatoms. The van der Waals surface area contributed by atoms with Gasteiger partial charge in [-0.15, -0.1) is 0 Å². The van der Waals surface area contributed by atoms with Gasteiger partial charge in [0, 0.05) is 12.5 Å². The van der Waals surface area contributed by atoms with Crippen LogP contribution in [0.5, 0.6) is 11.5 Å². The van der Waals surface area contributed by atoms with Gasteiger partial charge in [-0.1, -0.05) is 53.8 Å². The normalized spacial score (nSPS) is 16.2. The molecule has 1 atom stereocenters. The lowest BCUT2D eigenvalue weighted by Crippen LogP contribution is -2.38. The van der Waals surface area contributed by atoms with Crippen LogP contribution in [0.25, 0.3) is 11.8 Å². The molecule has 2 aliphatic rings. The number of esters is 1. The number of allylic oxidation sites excluding steroid dienone is 1. The number of hydrogen-bond donors (Lipinski definition) is 0. The van der Waals surface area contributed by atoms with E-state index in [1.165, 1.54) is 36.0 Å². The molecule has 4 aromatic rings. The summed E-state index contributed by atoms with van der Waals surface area (Å²) in [6.45, 7) is 3.57. The van der Waals surface area contributed by atoms with Gasteiger partial charge in [0.15, 0.2) is 16.3 Å². The van der Waals surface area contributed by atoms with E-state index in [1.54, 1.807) is 41.0 Å². The maximum atomic E-state index is 13.9. The summed E-state index contributed by atoms with van der Waals surface area (Å²) >= 11 is 1.32. The molecular weight excluding hydrogens is 515 g/mol. The van der Waals surface area contributed by atoms with Crippen LogP contribution in [-0.4, -0.2) is 17.1 Å². The second kappa shape index (κ2) is 10.1. The third-order valence-corrected chi connectivity index (χ3v) is 7.86. The Hall–Kier alpha value is -4.30. The third kappa shape index (κ3) is 4.61. The first-order valence-electron chi connectivity index (χ1n) is 12.8. The third-order valence-electron chi connectivity index (χ3n) is 6.88. The van der Waals surface area contributed by atoms with Crippen molar-refractivity contribution < 1.29 is 18.7 Å². The monoisotopic (exact) mass is 540 g/mol. The Morgan fingerprint density at radius 1 is 1.10 bits per heavy atom. The fourth-order valence-corrected chi connectivity index (χ4v) is 6.24. The van der Waals surface area contributed by atoms with Gasteiger partial charge in [-0.2, -0.15) is 0 Å².